The van der Waals surface area contributed by atoms with E-state index in [1.54, 1.807) is 0 Å². The van der Waals surface area contributed by atoms with Crippen LogP contribution in [-0.2, 0) is 9.47 Å². The van der Waals surface area contributed by atoms with Gasteiger partial charge >= 0.3 is 5.97 Å². The molecule has 0 amide bonds. The van der Waals surface area contributed by atoms with Gasteiger partial charge in [-0.05, 0) is 25.4 Å². The number of anilines is 2. The van der Waals surface area contributed by atoms with E-state index in [9.17, 15) is 4.79 Å². The van der Waals surface area contributed by atoms with Crippen LogP contribution < -0.4 is 10.6 Å². The number of carbonyl (C=O) groups excluding carboxylic acids is 1. The van der Waals surface area contributed by atoms with Gasteiger partial charge in [-0.15, -0.1) is 0 Å². The van der Waals surface area contributed by atoms with Crippen molar-refractivity contribution in [2.24, 2.45) is 0 Å². The summed E-state index contributed by atoms with van der Waals surface area (Å²) in [6.45, 7) is 5.19. The van der Waals surface area contributed by atoms with Gasteiger partial charge in [-0.3, -0.25) is 0 Å². The van der Waals surface area contributed by atoms with Crippen LogP contribution in [0.2, 0.25) is 0 Å². The first-order chi connectivity index (χ1) is 8.47. The summed E-state index contributed by atoms with van der Waals surface area (Å²) in [5.74, 6) is -0.258. The third-order valence-corrected chi connectivity index (χ3v) is 3.29. The fourth-order valence-corrected chi connectivity index (χ4v) is 2.16. The highest BCUT2D eigenvalue weighted by atomic mass is 32.1. The summed E-state index contributed by atoms with van der Waals surface area (Å²) < 4.78 is 14.1. The van der Waals surface area contributed by atoms with Crippen LogP contribution in [0.25, 0.3) is 0 Å². The molecule has 0 radical (unpaired) electrons. The van der Waals surface area contributed by atoms with E-state index >= 15 is 0 Å². The van der Waals surface area contributed by atoms with Crippen LogP contribution in [0.1, 0.15) is 24.2 Å². The molecule has 0 aliphatic heterocycles. The van der Waals surface area contributed by atoms with Gasteiger partial charge in [0.1, 0.15) is 10.6 Å². The molecule has 1 rings (SSSR count). The summed E-state index contributed by atoms with van der Waals surface area (Å²) >= 11 is 1.18. The van der Waals surface area contributed by atoms with Crippen molar-refractivity contribution in [1.29, 1.82) is 0 Å². The van der Waals surface area contributed by atoms with E-state index in [2.05, 4.69) is 4.37 Å². The number of nitrogens with two attached hydrogens (primary N) is 1. The van der Waals surface area contributed by atoms with Gasteiger partial charge in [0.25, 0.3) is 0 Å². The topological polar surface area (TPSA) is 77.7 Å². The number of esters is 1. The minimum Gasteiger partial charge on any atom is -0.465 e. The molecule has 2 N–H and O–H groups in total. The van der Waals surface area contributed by atoms with Gasteiger partial charge in [0.05, 0.1) is 19.8 Å². The minimum atomic E-state index is -0.465. The SMILES string of the molecule is COC(=O)c1c(N)nsc1N(C)CCOC(C)C. The van der Waals surface area contributed by atoms with E-state index in [0.29, 0.717) is 23.7 Å². The molecule has 0 atom stereocenters. The highest BCUT2D eigenvalue weighted by Crippen LogP contribution is 2.30. The largest absolute Gasteiger partial charge is 0.465 e. The zero-order valence-corrected chi connectivity index (χ0v) is 11.9. The standard InChI is InChI=1S/C11H19N3O3S/c1-7(2)17-6-5-14(3)10-8(11(15)16-4)9(12)13-18-10/h7H,5-6H2,1-4H3,(H2,12,13). The summed E-state index contributed by atoms with van der Waals surface area (Å²) in [5, 5.41) is 0.701. The summed E-state index contributed by atoms with van der Waals surface area (Å²) in [6.07, 6.45) is 0.185. The molecule has 102 valence electrons. The molecule has 0 bridgehead atoms. The smallest absolute Gasteiger partial charge is 0.344 e. The van der Waals surface area contributed by atoms with Crippen LogP contribution in [-0.4, -0.2) is 43.8 Å². The molecular weight excluding hydrogens is 254 g/mol. The Morgan fingerprint density at radius 2 is 2.22 bits per heavy atom. The van der Waals surface area contributed by atoms with Crippen molar-refractivity contribution >= 4 is 28.3 Å². The molecule has 1 aromatic rings. The monoisotopic (exact) mass is 273 g/mol. The summed E-state index contributed by atoms with van der Waals surface area (Å²) in [4.78, 5) is 13.5. The fraction of sp³-hybridized carbons (Fsp3) is 0.636. The maximum absolute atomic E-state index is 11.6. The molecule has 0 fully saturated rings. The fourth-order valence-electron chi connectivity index (χ4n) is 1.37. The maximum Gasteiger partial charge on any atom is 0.344 e. The molecule has 1 aromatic heterocycles. The summed E-state index contributed by atoms with van der Waals surface area (Å²) in [5.41, 5.74) is 6.00. The lowest BCUT2D eigenvalue weighted by Gasteiger charge is -2.18. The quantitative estimate of drug-likeness (QED) is 0.789. The van der Waals surface area contributed by atoms with Gasteiger partial charge in [0.15, 0.2) is 5.82 Å². The van der Waals surface area contributed by atoms with Crippen molar-refractivity contribution < 1.29 is 14.3 Å². The molecule has 6 nitrogen and oxygen atoms in total. The van der Waals surface area contributed by atoms with Crippen molar-refractivity contribution in [2.75, 3.05) is 37.9 Å². The zero-order valence-electron chi connectivity index (χ0n) is 11.1. The molecule has 0 unspecified atom stereocenters. The van der Waals surface area contributed by atoms with E-state index in [-0.39, 0.29) is 11.9 Å². The number of rotatable bonds is 6. The van der Waals surface area contributed by atoms with Crippen LogP contribution in [0.4, 0.5) is 10.8 Å². The van der Waals surface area contributed by atoms with E-state index < -0.39 is 5.97 Å². The first-order valence-electron chi connectivity index (χ1n) is 5.63. The number of nitrogen functional groups attached to an aromatic ring is 1. The second-order valence-electron chi connectivity index (χ2n) is 4.08. The van der Waals surface area contributed by atoms with Crippen LogP contribution in [0, 0.1) is 0 Å². The number of hydrogen-bond donors (Lipinski definition) is 1. The Labute approximate surface area is 111 Å². The Morgan fingerprint density at radius 3 is 2.78 bits per heavy atom. The molecule has 7 heteroatoms. The second-order valence-corrected chi connectivity index (χ2v) is 4.83. The number of carbonyl (C=O) groups is 1. The minimum absolute atomic E-state index is 0.185. The predicted octanol–water partition coefficient (Wildman–Crippen LogP) is 1.37. The van der Waals surface area contributed by atoms with Crippen molar-refractivity contribution in [3.05, 3.63) is 5.56 Å². The van der Waals surface area contributed by atoms with Crippen molar-refractivity contribution in [1.82, 2.24) is 4.37 Å². The summed E-state index contributed by atoms with van der Waals surface area (Å²) in [7, 11) is 3.19. The Hall–Kier alpha value is -1.34. The molecule has 0 saturated carbocycles. The summed E-state index contributed by atoms with van der Waals surface area (Å²) in [6, 6.07) is 0. The predicted molar refractivity (Wildman–Crippen MR) is 72.2 cm³/mol. The zero-order chi connectivity index (χ0) is 13.7. The van der Waals surface area contributed by atoms with E-state index in [4.69, 9.17) is 15.2 Å². The van der Waals surface area contributed by atoms with Crippen LogP contribution in [0.3, 0.4) is 0 Å². The number of nitrogens with zero attached hydrogens (tertiary/aromatic N) is 2. The molecular formula is C11H19N3O3S. The number of hydrogen-bond acceptors (Lipinski definition) is 7. The average Bonchev–Trinajstić information content (AvgIpc) is 2.69. The van der Waals surface area contributed by atoms with Crippen LogP contribution in [0.5, 0.6) is 0 Å². The second kappa shape index (κ2) is 6.55. The molecule has 0 aliphatic carbocycles. The van der Waals surface area contributed by atoms with Crippen molar-refractivity contribution in [2.45, 2.75) is 20.0 Å². The molecule has 0 aliphatic rings. The van der Waals surface area contributed by atoms with Crippen molar-refractivity contribution in [3.63, 3.8) is 0 Å². The third-order valence-electron chi connectivity index (χ3n) is 2.31. The molecule has 0 spiro atoms. The van der Waals surface area contributed by atoms with E-state index in [0.717, 1.165) is 0 Å². The lowest BCUT2D eigenvalue weighted by atomic mass is 10.3. The Kier molecular flexibility index (Phi) is 5.36. The average molecular weight is 273 g/mol. The molecule has 0 saturated heterocycles. The lowest BCUT2D eigenvalue weighted by Crippen LogP contribution is -2.24. The number of ether oxygens (including phenoxy) is 2. The van der Waals surface area contributed by atoms with E-state index in [1.807, 2.05) is 25.8 Å². The Morgan fingerprint density at radius 1 is 1.56 bits per heavy atom. The Balaban J connectivity index is 2.73. The van der Waals surface area contributed by atoms with Gasteiger partial charge < -0.3 is 20.1 Å². The van der Waals surface area contributed by atoms with Crippen LogP contribution in [0.15, 0.2) is 0 Å². The van der Waals surface area contributed by atoms with Gasteiger partial charge in [0.2, 0.25) is 0 Å². The Bertz CT molecular complexity index is 406. The number of likely N-dealkylation sites (N-methyl/N-ethyl adjacent to an activating group) is 1. The van der Waals surface area contributed by atoms with Gasteiger partial charge in [-0.2, -0.15) is 4.37 Å². The van der Waals surface area contributed by atoms with Crippen LogP contribution >= 0.6 is 11.5 Å². The van der Waals surface area contributed by atoms with Gasteiger partial charge in [0, 0.05) is 13.6 Å². The normalized spacial score (nSPS) is 10.7. The number of methoxy groups -OCH3 is 1. The molecule has 18 heavy (non-hydrogen) atoms. The number of aromatic nitrogens is 1. The molecule has 1 heterocycles. The highest BCUT2D eigenvalue weighted by Gasteiger charge is 2.22. The third kappa shape index (κ3) is 3.58. The first-order valence-corrected chi connectivity index (χ1v) is 6.40. The van der Waals surface area contributed by atoms with Crippen molar-refractivity contribution in [3.8, 4) is 0 Å². The van der Waals surface area contributed by atoms with Gasteiger partial charge in [-0.25, -0.2) is 4.79 Å². The first kappa shape index (κ1) is 14.7. The van der Waals surface area contributed by atoms with E-state index in [1.165, 1.54) is 18.6 Å². The molecule has 0 aromatic carbocycles. The lowest BCUT2D eigenvalue weighted by molar-refractivity contribution is 0.0602. The maximum atomic E-state index is 11.6. The van der Waals surface area contributed by atoms with Gasteiger partial charge in [-0.1, -0.05) is 0 Å². The highest BCUT2D eigenvalue weighted by molar-refractivity contribution is 7.11.